The van der Waals surface area contributed by atoms with Gasteiger partial charge in [-0.2, -0.15) is 13.2 Å². The summed E-state index contributed by atoms with van der Waals surface area (Å²) in [6.07, 6.45) is -1.78. The third-order valence-corrected chi connectivity index (χ3v) is 2.57. The van der Waals surface area contributed by atoms with Crippen LogP contribution in [0.1, 0.15) is 32.1 Å². The molecule has 0 spiro atoms. The van der Waals surface area contributed by atoms with Crippen molar-refractivity contribution >= 4 is 5.91 Å². The topological polar surface area (TPSA) is 41.1 Å². The van der Waals surface area contributed by atoms with Gasteiger partial charge in [-0.05, 0) is 19.4 Å². The van der Waals surface area contributed by atoms with Gasteiger partial charge in [-0.1, -0.05) is 6.42 Å². The molecule has 1 unspecified atom stereocenters. The van der Waals surface area contributed by atoms with Crippen LogP contribution in [0.15, 0.2) is 0 Å². The molecule has 0 radical (unpaired) electrons. The first-order valence-electron chi connectivity index (χ1n) is 5.54. The number of piperidine rings is 1. The third-order valence-electron chi connectivity index (χ3n) is 2.57. The third kappa shape index (κ3) is 5.95. The molecule has 1 heterocycles. The minimum absolute atomic E-state index is 0.125. The van der Waals surface area contributed by atoms with Crippen LogP contribution in [0.4, 0.5) is 13.2 Å². The molecule has 0 aromatic heterocycles. The van der Waals surface area contributed by atoms with Gasteiger partial charge in [0.25, 0.3) is 0 Å². The molecule has 94 valence electrons. The van der Waals surface area contributed by atoms with Gasteiger partial charge in [0.2, 0.25) is 5.91 Å². The molecule has 0 aromatic carbocycles. The zero-order chi connectivity index (χ0) is 12.0. The number of carbonyl (C=O) groups excluding carboxylic acids is 1. The van der Waals surface area contributed by atoms with E-state index in [1.165, 1.54) is 0 Å². The molecule has 1 aliphatic rings. The summed E-state index contributed by atoms with van der Waals surface area (Å²) in [5.74, 6) is -0.302. The number of halogens is 3. The predicted molar refractivity (Wildman–Crippen MR) is 53.9 cm³/mol. The van der Waals surface area contributed by atoms with Crippen LogP contribution in [0.25, 0.3) is 0 Å². The highest BCUT2D eigenvalue weighted by atomic mass is 19.4. The molecule has 1 amide bonds. The Morgan fingerprint density at radius 3 is 2.69 bits per heavy atom. The average Bonchev–Trinajstić information content (AvgIpc) is 2.17. The van der Waals surface area contributed by atoms with E-state index in [1.807, 2.05) is 0 Å². The lowest BCUT2D eigenvalue weighted by molar-refractivity contribution is -0.135. The van der Waals surface area contributed by atoms with Crippen molar-refractivity contribution in [2.45, 2.75) is 44.3 Å². The molecular formula is C10H17F3N2O. The van der Waals surface area contributed by atoms with E-state index < -0.39 is 12.6 Å². The Bertz CT molecular complexity index is 225. The van der Waals surface area contributed by atoms with Crippen molar-refractivity contribution in [3.63, 3.8) is 0 Å². The zero-order valence-electron chi connectivity index (χ0n) is 9.07. The highest BCUT2D eigenvalue weighted by Gasteiger charge is 2.26. The van der Waals surface area contributed by atoms with Crippen LogP contribution >= 0.6 is 0 Å². The Kier molecular flexibility index (Phi) is 5.05. The summed E-state index contributed by atoms with van der Waals surface area (Å²) < 4.78 is 35.4. The molecule has 0 bridgehead atoms. The van der Waals surface area contributed by atoms with Gasteiger partial charge in [0.05, 0.1) is 6.42 Å². The smallest absolute Gasteiger partial charge is 0.356 e. The van der Waals surface area contributed by atoms with Gasteiger partial charge in [-0.3, -0.25) is 4.79 Å². The summed E-state index contributed by atoms with van der Waals surface area (Å²) in [6, 6.07) is 0.125. The molecule has 1 saturated heterocycles. The van der Waals surface area contributed by atoms with E-state index in [-0.39, 0.29) is 24.9 Å². The van der Waals surface area contributed by atoms with Crippen LogP contribution in [-0.4, -0.2) is 31.2 Å². The molecule has 6 heteroatoms. The van der Waals surface area contributed by atoms with Gasteiger partial charge >= 0.3 is 6.18 Å². The maximum atomic E-state index is 11.8. The molecule has 1 atom stereocenters. The minimum Gasteiger partial charge on any atom is -0.356 e. The fourth-order valence-electron chi connectivity index (χ4n) is 1.74. The number of hydrogen-bond donors (Lipinski definition) is 2. The highest BCUT2D eigenvalue weighted by molar-refractivity contribution is 5.76. The summed E-state index contributed by atoms with van der Waals surface area (Å²) in [5, 5.41) is 5.46. The van der Waals surface area contributed by atoms with Crippen molar-refractivity contribution in [2.75, 3.05) is 13.1 Å². The van der Waals surface area contributed by atoms with Gasteiger partial charge in [0.15, 0.2) is 0 Å². The standard InChI is InChI=1S/C10H17F3N2O/c11-10(12,13)4-6-15-9(16)7-8-3-1-2-5-14-8/h8,14H,1-7H2,(H,15,16). The van der Waals surface area contributed by atoms with Gasteiger partial charge in [0, 0.05) is 19.0 Å². The Morgan fingerprint density at radius 1 is 1.38 bits per heavy atom. The van der Waals surface area contributed by atoms with Crippen LogP contribution < -0.4 is 10.6 Å². The van der Waals surface area contributed by atoms with Crippen molar-refractivity contribution in [2.24, 2.45) is 0 Å². The molecular weight excluding hydrogens is 221 g/mol. The van der Waals surface area contributed by atoms with Crippen molar-refractivity contribution in [1.82, 2.24) is 10.6 Å². The SMILES string of the molecule is O=C(CC1CCCCN1)NCCC(F)(F)F. The molecule has 1 fully saturated rings. The van der Waals surface area contributed by atoms with E-state index in [2.05, 4.69) is 10.6 Å². The van der Waals surface area contributed by atoms with E-state index in [0.29, 0.717) is 0 Å². The maximum Gasteiger partial charge on any atom is 0.390 e. The second kappa shape index (κ2) is 6.08. The second-order valence-electron chi connectivity index (χ2n) is 4.07. The molecule has 0 aliphatic carbocycles. The average molecular weight is 238 g/mol. The van der Waals surface area contributed by atoms with E-state index in [1.54, 1.807) is 0 Å². The second-order valence-corrected chi connectivity index (χ2v) is 4.07. The van der Waals surface area contributed by atoms with Crippen LogP contribution in [0, 0.1) is 0 Å². The Hall–Kier alpha value is -0.780. The van der Waals surface area contributed by atoms with E-state index >= 15 is 0 Å². The Morgan fingerprint density at radius 2 is 2.12 bits per heavy atom. The van der Waals surface area contributed by atoms with E-state index in [0.717, 1.165) is 25.8 Å². The predicted octanol–water partition coefficient (Wildman–Crippen LogP) is 1.59. The first kappa shape index (κ1) is 13.3. The first-order valence-corrected chi connectivity index (χ1v) is 5.54. The van der Waals surface area contributed by atoms with Crippen molar-refractivity contribution < 1.29 is 18.0 Å². The van der Waals surface area contributed by atoms with E-state index in [4.69, 9.17) is 0 Å². The lowest BCUT2D eigenvalue weighted by atomic mass is 10.0. The minimum atomic E-state index is -4.20. The molecule has 0 saturated carbocycles. The van der Waals surface area contributed by atoms with Gasteiger partial charge < -0.3 is 10.6 Å². The fraction of sp³-hybridized carbons (Fsp3) is 0.900. The molecule has 16 heavy (non-hydrogen) atoms. The normalized spacial score (nSPS) is 21.8. The number of alkyl halides is 3. The fourth-order valence-corrected chi connectivity index (χ4v) is 1.74. The molecule has 3 nitrogen and oxygen atoms in total. The molecule has 2 N–H and O–H groups in total. The summed E-state index contributed by atoms with van der Waals surface area (Å²) in [4.78, 5) is 11.3. The van der Waals surface area contributed by atoms with Crippen molar-refractivity contribution in [1.29, 1.82) is 0 Å². The Labute approximate surface area is 92.8 Å². The van der Waals surface area contributed by atoms with Crippen LogP contribution in [-0.2, 0) is 4.79 Å². The number of carbonyl (C=O) groups is 1. The maximum absolute atomic E-state index is 11.8. The molecule has 1 aliphatic heterocycles. The lowest BCUT2D eigenvalue weighted by Crippen LogP contribution is -2.39. The summed E-state index contributed by atoms with van der Waals surface area (Å²) in [7, 11) is 0. The van der Waals surface area contributed by atoms with Crippen molar-refractivity contribution in [3.8, 4) is 0 Å². The number of hydrogen-bond acceptors (Lipinski definition) is 2. The van der Waals surface area contributed by atoms with Crippen LogP contribution in [0.3, 0.4) is 0 Å². The monoisotopic (exact) mass is 238 g/mol. The number of nitrogens with one attached hydrogen (secondary N) is 2. The summed E-state index contributed by atoms with van der Waals surface area (Å²) >= 11 is 0. The Balaban J connectivity index is 2.10. The molecule has 1 rings (SSSR count). The van der Waals surface area contributed by atoms with Crippen molar-refractivity contribution in [3.05, 3.63) is 0 Å². The number of amides is 1. The van der Waals surface area contributed by atoms with Gasteiger partial charge in [0.1, 0.15) is 0 Å². The lowest BCUT2D eigenvalue weighted by Gasteiger charge is -2.22. The number of rotatable bonds is 4. The van der Waals surface area contributed by atoms with E-state index in [9.17, 15) is 18.0 Å². The van der Waals surface area contributed by atoms with Gasteiger partial charge in [-0.15, -0.1) is 0 Å². The zero-order valence-corrected chi connectivity index (χ0v) is 9.07. The quantitative estimate of drug-likeness (QED) is 0.781. The highest BCUT2D eigenvalue weighted by Crippen LogP contribution is 2.18. The van der Waals surface area contributed by atoms with Crippen LogP contribution in [0.2, 0.25) is 0 Å². The summed E-state index contributed by atoms with van der Waals surface area (Å²) in [6.45, 7) is 0.565. The largest absolute Gasteiger partial charge is 0.390 e. The van der Waals surface area contributed by atoms with Crippen LogP contribution in [0.5, 0.6) is 0 Å². The summed E-state index contributed by atoms with van der Waals surface area (Å²) in [5.41, 5.74) is 0. The molecule has 0 aromatic rings. The van der Waals surface area contributed by atoms with Gasteiger partial charge in [-0.25, -0.2) is 0 Å². The first-order chi connectivity index (χ1) is 7.47.